The number of esters is 1. The first-order valence-electron chi connectivity index (χ1n) is 15.5. The van der Waals surface area contributed by atoms with E-state index in [1.54, 1.807) is 6.20 Å². The number of aryl methyl sites for hydroxylation is 1. The second-order valence-corrected chi connectivity index (χ2v) is 10.9. The van der Waals surface area contributed by atoms with Crippen molar-refractivity contribution in [3.8, 4) is 17.0 Å². The predicted molar refractivity (Wildman–Crippen MR) is 173 cm³/mol. The van der Waals surface area contributed by atoms with Gasteiger partial charge < -0.3 is 18.9 Å². The largest absolute Gasteiger partial charge is 0.493 e. The van der Waals surface area contributed by atoms with Gasteiger partial charge in [0.2, 0.25) is 0 Å². The molecule has 3 aromatic carbocycles. The van der Waals surface area contributed by atoms with E-state index in [4.69, 9.17) is 9.47 Å². The molecule has 6 rings (SSSR count). The summed E-state index contributed by atoms with van der Waals surface area (Å²) >= 11 is 0. The lowest BCUT2D eigenvalue weighted by Gasteiger charge is -2.33. The summed E-state index contributed by atoms with van der Waals surface area (Å²) in [5, 5.41) is 1.03. The number of cyclic esters (lactones) is 1. The van der Waals surface area contributed by atoms with Gasteiger partial charge in [0.05, 0.1) is 12.3 Å². The van der Waals surface area contributed by atoms with Crippen LogP contribution in [0.4, 0.5) is 5.69 Å². The zero-order valence-electron chi connectivity index (χ0n) is 25.5. The van der Waals surface area contributed by atoms with Crippen molar-refractivity contribution in [3.63, 3.8) is 0 Å². The minimum absolute atomic E-state index is 0.335. The summed E-state index contributed by atoms with van der Waals surface area (Å²) in [5.74, 6) is 0.282. The highest BCUT2D eigenvalue weighted by molar-refractivity contribution is 6.00. The van der Waals surface area contributed by atoms with Crippen LogP contribution in [0.2, 0.25) is 0 Å². The third-order valence-corrected chi connectivity index (χ3v) is 8.54. The number of rotatable bonds is 11. The minimum atomic E-state index is -1.28. The van der Waals surface area contributed by atoms with Gasteiger partial charge in [-0.2, -0.15) is 0 Å². The Bertz CT molecular complexity index is 1760. The first-order valence-corrected chi connectivity index (χ1v) is 15.5. The average Bonchev–Trinajstić information content (AvgIpc) is 3.55. The van der Waals surface area contributed by atoms with Crippen LogP contribution in [0.25, 0.3) is 22.2 Å². The topological polar surface area (TPSA) is 56.6 Å². The van der Waals surface area contributed by atoms with Crippen LogP contribution in [0.3, 0.4) is 0 Å². The van der Waals surface area contributed by atoms with Gasteiger partial charge in [-0.25, -0.2) is 9.78 Å². The number of pyridine rings is 1. The van der Waals surface area contributed by atoms with Crippen LogP contribution in [0, 0.1) is 0 Å². The number of aromatic nitrogens is 2. The molecular weight excluding hydrogens is 534 g/mol. The molecule has 5 aromatic rings. The molecule has 43 heavy (non-hydrogen) atoms. The molecule has 2 aromatic heterocycles. The molecule has 0 saturated carbocycles. The Kier molecular flexibility index (Phi) is 7.94. The number of ether oxygens (including phenoxy) is 2. The third-order valence-electron chi connectivity index (χ3n) is 8.54. The average molecular weight is 574 g/mol. The Balaban J connectivity index is 1.76. The number of anilines is 1. The predicted octanol–water partition coefficient (Wildman–Crippen LogP) is 8.21. The molecule has 0 spiro atoms. The molecule has 220 valence electrons. The maximum Gasteiger partial charge on any atom is 0.358 e. The maximum absolute atomic E-state index is 13.8. The summed E-state index contributed by atoms with van der Waals surface area (Å²) in [6, 6.07) is 29.0. The Morgan fingerprint density at radius 3 is 2.40 bits per heavy atom. The number of hydrogen-bond donors (Lipinski definition) is 0. The molecule has 1 unspecified atom stereocenters. The molecule has 0 amide bonds. The lowest BCUT2D eigenvalue weighted by atomic mass is 9.78. The summed E-state index contributed by atoms with van der Waals surface area (Å²) in [5.41, 5.74) is 5.73. The van der Waals surface area contributed by atoms with Crippen molar-refractivity contribution < 1.29 is 14.3 Å². The molecule has 6 heteroatoms. The fourth-order valence-corrected chi connectivity index (χ4v) is 6.53. The molecule has 0 bridgehead atoms. The van der Waals surface area contributed by atoms with Gasteiger partial charge >= 0.3 is 5.97 Å². The van der Waals surface area contributed by atoms with Crippen LogP contribution in [0.1, 0.15) is 67.7 Å². The Labute approximate surface area is 253 Å². The first kappa shape index (κ1) is 28.5. The zero-order valence-corrected chi connectivity index (χ0v) is 25.5. The summed E-state index contributed by atoms with van der Waals surface area (Å²) < 4.78 is 15.6. The minimum Gasteiger partial charge on any atom is -0.493 e. The number of unbranched alkanes of at least 4 members (excludes halogenated alkanes) is 1. The monoisotopic (exact) mass is 573 g/mol. The Morgan fingerprint density at radius 2 is 1.65 bits per heavy atom. The van der Waals surface area contributed by atoms with Gasteiger partial charge in [0.1, 0.15) is 5.75 Å². The molecule has 0 fully saturated rings. The molecule has 0 N–H and O–H groups in total. The molecule has 1 atom stereocenters. The highest BCUT2D eigenvalue weighted by Gasteiger charge is 2.54. The van der Waals surface area contributed by atoms with E-state index in [1.165, 1.54) is 0 Å². The van der Waals surface area contributed by atoms with Gasteiger partial charge in [0.25, 0.3) is 0 Å². The number of carbonyl (C=O) groups is 1. The van der Waals surface area contributed by atoms with Crippen molar-refractivity contribution in [3.05, 3.63) is 114 Å². The highest BCUT2D eigenvalue weighted by atomic mass is 16.6. The first-order chi connectivity index (χ1) is 21.1. The van der Waals surface area contributed by atoms with E-state index < -0.39 is 11.6 Å². The molecular formula is C37H39N3O3. The van der Waals surface area contributed by atoms with Crippen LogP contribution in [0.15, 0.2) is 91.1 Å². The quantitative estimate of drug-likeness (QED) is 0.118. The summed E-state index contributed by atoms with van der Waals surface area (Å²) in [4.78, 5) is 20.6. The van der Waals surface area contributed by atoms with Crippen molar-refractivity contribution in [1.82, 2.24) is 9.55 Å². The van der Waals surface area contributed by atoms with Crippen molar-refractivity contribution in [2.24, 2.45) is 0 Å². The third kappa shape index (κ3) is 4.66. The molecule has 0 radical (unpaired) electrons. The van der Waals surface area contributed by atoms with E-state index in [-0.39, 0.29) is 0 Å². The van der Waals surface area contributed by atoms with Crippen molar-refractivity contribution in [2.45, 2.75) is 52.7 Å². The van der Waals surface area contributed by atoms with Crippen LogP contribution >= 0.6 is 0 Å². The van der Waals surface area contributed by atoms with Crippen LogP contribution < -0.4 is 9.64 Å². The van der Waals surface area contributed by atoms with Gasteiger partial charge in [0, 0.05) is 65.2 Å². The number of hydrogen-bond acceptors (Lipinski definition) is 5. The number of para-hydroxylation sites is 1. The van der Waals surface area contributed by atoms with Crippen LogP contribution in [-0.2, 0) is 16.9 Å². The SMILES string of the molecule is CCCCOc1cc(N(CC)CC)ccc1C1(c2c(-c3ccccc3)n(CC)c3ccccc23)OC(=O)c2ncccc21. The lowest BCUT2D eigenvalue weighted by molar-refractivity contribution is 0.0246. The Hall–Kier alpha value is -4.58. The van der Waals surface area contributed by atoms with Gasteiger partial charge in [-0.05, 0) is 57.0 Å². The Morgan fingerprint density at radius 1 is 0.884 bits per heavy atom. The van der Waals surface area contributed by atoms with Gasteiger partial charge in [-0.1, -0.05) is 67.9 Å². The van der Waals surface area contributed by atoms with Gasteiger partial charge in [-0.3, -0.25) is 0 Å². The van der Waals surface area contributed by atoms with E-state index in [0.717, 1.165) is 82.8 Å². The molecule has 0 aliphatic carbocycles. The molecule has 3 heterocycles. The fourth-order valence-electron chi connectivity index (χ4n) is 6.53. The molecule has 6 nitrogen and oxygen atoms in total. The number of nitrogens with zero attached hydrogens (tertiary/aromatic N) is 3. The van der Waals surface area contributed by atoms with Crippen molar-refractivity contribution in [2.75, 3.05) is 24.6 Å². The van der Waals surface area contributed by atoms with Crippen LogP contribution in [-0.4, -0.2) is 35.2 Å². The molecule has 1 aliphatic heterocycles. The second kappa shape index (κ2) is 12.0. The normalized spacial score (nSPS) is 15.9. The molecule has 1 aliphatic rings. The van der Waals surface area contributed by atoms with E-state index in [9.17, 15) is 4.79 Å². The number of carbonyl (C=O) groups excluding carboxylic acids is 1. The van der Waals surface area contributed by atoms with E-state index >= 15 is 0 Å². The maximum atomic E-state index is 13.8. The fraction of sp³-hybridized carbons (Fsp3) is 0.297. The summed E-state index contributed by atoms with van der Waals surface area (Å²) in [6.45, 7) is 11.7. The van der Waals surface area contributed by atoms with E-state index in [1.807, 2.05) is 18.2 Å². The zero-order chi connectivity index (χ0) is 30.0. The van der Waals surface area contributed by atoms with Crippen molar-refractivity contribution in [1.29, 1.82) is 0 Å². The van der Waals surface area contributed by atoms with E-state index in [2.05, 4.69) is 109 Å². The van der Waals surface area contributed by atoms with Gasteiger partial charge in [-0.15, -0.1) is 0 Å². The van der Waals surface area contributed by atoms with Gasteiger partial charge in [0.15, 0.2) is 11.3 Å². The standard InChI is InChI=1S/C37H39N3O3/c1-5-9-24-42-32-25-27(39(6-2)7-3)21-22-29(32)37(30-19-15-23-38-34(30)36(41)43-37)33-28-18-13-14-20-31(28)40(8-4)35(33)26-16-11-10-12-17-26/h10-23,25H,5-9,24H2,1-4H3. The molecule has 0 saturated heterocycles. The van der Waals surface area contributed by atoms with Crippen LogP contribution in [0.5, 0.6) is 5.75 Å². The number of fused-ring (bicyclic) bond motifs is 2. The highest BCUT2D eigenvalue weighted by Crippen LogP contribution is 2.55. The second-order valence-electron chi connectivity index (χ2n) is 10.9. The van der Waals surface area contributed by atoms with Crippen molar-refractivity contribution >= 4 is 22.6 Å². The number of benzene rings is 3. The smallest absolute Gasteiger partial charge is 0.358 e. The summed E-state index contributed by atoms with van der Waals surface area (Å²) in [6.07, 6.45) is 3.59. The summed E-state index contributed by atoms with van der Waals surface area (Å²) in [7, 11) is 0. The van der Waals surface area contributed by atoms with E-state index in [0.29, 0.717) is 12.3 Å². The lowest BCUT2D eigenvalue weighted by Crippen LogP contribution is -2.31.